The van der Waals surface area contributed by atoms with E-state index in [4.69, 9.17) is 9.15 Å². The molecule has 156 valence electrons. The topological polar surface area (TPSA) is 94.6 Å². The third-order valence-electron chi connectivity index (χ3n) is 4.92. The molecule has 0 spiro atoms. The number of carbonyl (C=O) groups is 1. The van der Waals surface area contributed by atoms with Crippen molar-refractivity contribution in [3.63, 3.8) is 0 Å². The molecule has 0 fully saturated rings. The van der Waals surface area contributed by atoms with Crippen LogP contribution in [0.5, 0.6) is 5.75 Å². The van der Waals surface area contributed by atoms with Crippen LogP contribution >= 0.6 is 0 Å². The zero-order valence-corrected chi connectivity index (χ0v) is 17.0. The van der Waals surface area contributed by atoms with Crippen LogP contribution < -0.4 is 5.63 Å². The second kappa shape index (κ2) is 8.31. The van der Waals surface area contributed by atoms with E-state index in [1.54, 1.807) is 12.1 Å². The van der Waals surface area contributed by atoms with Crippen molar-refractivity contribution in [1.82, 2.24) is 9.78 Å². The smallest absolute Gasteiger partial charge is 0.336 e. The summed E-state index contributed by atoms with van der Waals surface area (Å²) >= 11 is 0. The van der Waals surface area contributed by atoms with Crippen LogP contribution in [0.15, 0.2) is 69.9 Å². The molecule has 2 aromatic carbocycles. The lowest BCUT2D eigenvalue weighted by Gasteiger charge is -2.06. The molecule has 0 aliphatic rings. The van der Waals surface area contributed by atoms with Gasteiger partial charge in [0.05, 0.1) is 11.4 Å². The Hall–Kier alpha value is -4.13. The summed E-state index contributed by atoms with van der Waals surface area (Å²) < 4.78 is 12.2. The van der Waals surface area contributed by atoms with Crippen LogP contribution in [0.4, 0.5) is 0 Å². The second-order valence-corrected chi connectivity index (χ2v) is 7.04. The number of para-hydroxylation sites is 1. The summed E-state index contributed by atoms with van der Waals surface area (Å²) in [4.78, 5) is 24.0. The third kappa shape index (κ3) is 4.25. The molecule has 0 radical (unpaired) electrons. The molecule has 0 unspecified atom stereocenters. The number of aromatic nitrogens is 2. The fourth-order valence-electron chi connectivity index (χ4n) is 3.40. The van der Waals surface area contributed by atoms with E-state index in [0.29, 0.717) is 10.9 Å². The molecular formula is C24H20N2O5. The Morgan fingerprint density at radius 1 is 1.16 bits per heavy atom. The van der Waals surface area contributed by atoms with Gasteiger partial charge in [0.15, 0.2) is 0 Å². The molecule has 0 bridgehead atoms. The minimum atomic E-state index is -0.584. The average molecular weight is 416 g/mol. The molecule has 2 aromatic heterocycles. The number of phenols is 1. The van der Waals surface area contributed by atoms with Gasteiger partial charge in [0.1, 0.15) is 17.9 Å². The number of phenolic OH excluding ortho intramolecular Hbond substituents is 1. The maximum atomic E-state index is 12.3. The molecule has 4 rings (SSSR count). The predicted molar refractivity (Wildman–Crippen MR) is 116 cm³/mol. The number of carbonyl (C=O) groups excluding carboxylic acids is 1. The SMILES string of the molecule is Cc1nn(-c2ccccc2)c(C)c1/C=C/C(=O)OCc1cc(=O)oc2cc(O)ccc12. The molecular weight excluding hydrogens is 396 g/mol. The summed E-state index contributed by atoms with van der Waals surface area (Å²) in [7, 11) is 0. The van der Waals surface area contributed by atoms with Crippen molar-refractivity contribution in [3.05, 3.63) is 93.6 Å². The number of hydrogen-bond donors (Lipinski definition) is 1. The number of ether oxygens (including phenoxy) is 1. The lowest BCUT2D eigenvalue weighted by Crippen LogP contribution is -2.05. The first-order valence-corrected chi connectivity index (χ1v) is 9.64. The van der Waals surface area contributed by atoms with Gasteiger partial charge in [-0.15, -0.1) is 0 Å². The van der Waals surface area contributed by atoms with E-state index in [9.17, 15) is 14.7 Å². The largest absolute Gasteiger partial charge is 0.508 e. The number of benzene rings is 2. The molecule has 0 saturated heterocycles. The highest BCUT2D eigenvalue weighted by atomic mass is 16.5. The van der Waals surface area contributed by atoms with E-state index in [1.807, 2.05) is 48.9 Å². The van der Waals surface area contributed by atoms with E-state index in [0.717, 1.165) is 22.6 Å². The highest BCUT2D eigenvalue weighted by Gasteiger charge is 2.12. The van der Waals surface area contributed by atoms with Crippen molar-refractivity contribution in [2.45, 2.75) is 20.5 Å². The van der Waals surface area contributed by atoms with Crippen LogP contribution in [0.25, 0.3) is 22.7 Å². The molecule has 31 heavy (non-hydrogen) atoms. The molecule has 0 aliphatic carbocycles. The highest BCUT2D eigenvalue weighted by molar-refractivity contribution is 5.88. The summed E-state index contributed by atoms with van der Waals surface area (Å²) in [6, 6.07) is 15.4. The number of fused-ring (bicyclic) bond motifs is 1. The molecule has 7 nitrogen and oxygen atoms in total. The Morgan fingerprint density at radius 2 is 1.94 bits per heavy atom. The van der Waals surface area contributed by atoms with Gasteiger partial charge in [-0.1, -0.05) is 18.2 Å². The van der Waals surface area contributed by atoms with Gasteiger partial charge in [-0.3, -0.25) is 0 Å². The van der Waals surface area contributed by atoms with Crippen LogP contribution in [0.3, 0.4) is 0 Å². The molecule has 0 amide bonds. The molecule has 0 saturated carbocycles. The normalized spacial score (nSPS) is 11.3. The lowest BCUT2D eigenvalue weighted by atomic mass is 10.1. The molecule has 1 N–H and O–H groups in total. The van der Waals surface area contributed by atoms with Crippen molar-refractivity contribution in [2.75, 3.05) is 0 Å². The third-order valence-corrected chi connectivity index (χ3v) is 4.92. The Kier molecular flexibility index (Phi) is 5.41. The van der Waals surface area contributed by atoms with Crippen molar-refractivity contribution in [3.8, 4) is 11.4 Å². The van der Waals surface area contributed by atoms with E-state index in [-0.39, 0.29) is 17.9 Å². The van der Waals surface area contributed by atoms with E-state index < -0.39 is 11.6 Å². The van der Waals surface area contributed by atoms with E-state index in [1.165, 1.54) is 24.3 Å². The number of nitrogens with zero attached hydrogens (tertiary/aromatic N) is 2. The zero-order valence-electron chi connectivity index (χ0n) is 17.0. The van der Waals surface area contributed by atoms with Gasteiger partial charge in [-0.25, -0.2) is 14.3 Å². The van der Waals surface area contributed by atoms with Crippen LogP contribution in [-0.4, -0.2) is 20.9 Å². The number of aryl methyl sites for hydroxylation is 1. The summed E-state index contributed by atoms with van der Waals surface area (Å²) in [5.41, 5.74) is 3.61. The summed E-state index contributed by atoms with van der Waals surface area (Å²) in [5.74, 6) is -0.569. The Balaban J connectivity index is 1.51. The van der Waals surface area contributed by atoms with Crippen LogP contribution in [-0.2, 0) is 16.1 Å². The zero-order chi connectivity index (χ0) is 22.0. The Bertz CT molecular complexity index is 1350. The van der Waals surface area contributed by atoms with Crippen molar-refractivity contribution in [2.24, 2.45) is 0 Å². The molecule has 0 atom stereocenters. The first-order valence-electron chi connectivity index (χ1n) is 9.64. The minimum absolute atomic E-state index is 0.0190. The number of hydrogen-bond acceptors (Lipinski definition) is 6. The lowest BCUT2D eigenvalue weighted by molar-refractivity contribution is -0.138. The maximum absolute atomic E-state index is 12.3. The summed E-state index contributed by atoms with van der Waals surface area (Å²) in [6.07, 6.45) is 3.01. The standard InChI is InChI=1S/C24H20N2O5/c1-15-20(16(2)26(25-15)18-6-4-3-5-7-18)10-11-23(28)30-14-17-12-24(29)31-22-13-19(27)8-9-21(17)22/h3-13,27H,14H2,1-2H3/b11-10+. The molecule has 2 heterocycles. The second-order valence-electron chi connectivity index (χ2n) is 7.04. The van der Waals surface area contributed by atoms with Gasteiger partial charge in [-0.05, 0) is 44.2 Å². The maximum Gasteiger partial charge on any atom is 0.336 e. The van der Waals surface area contributed by atoms with Gasteiger partial charge in [0, 0.05) is 40.4 Å². The van der Waals surface area contributed by atoms with Gasteiger partial charge in [-0.2, -0.15) is 5.10 Å². The highest BCUT2D eigenvalue weighted by Crippen LogP contribution is 2.23. The van der Waals surface area contributed by atoms with Crippen LogP contribution in [0, 0.1) is 13.8 Å². The number of rotatable bonds is 5. The van der Waals surface area contributed by atoms with Crippen molar-refractivity contribution < 1.29 is 19.1 Å². The quantitative estimate of drug-likeness (QED) is 0.300. The molecule has 0 aliphatic heterocycles. The Morgan fingerprint density at radius 3 is 2.71 bits per heavy atom. The van der Waals surface area contributed by atoms with E-state index in [2.05, 4.69) is 5.10 Å². The first kappa shape index (κ1) is 20.2. The van der Waals surface area contributed by atoms with Crippen LogP contribution in [0.1, 0.15) is 22.5 Å². The van der Waals surface area contributed by atoms with Crippen molar-refractivity contribution in [1.29, 1.82) is 0 Å². The van der Waals surface area contributed by atoms with Crippen LogP contribution in [0.2, 0.25) is 0 Å². The monoisotopic (exact) mass is 416 g/mol. The summed E-state index contributed by atoms with van der Waals surface area (Å²) in [5, 5.41) is 14.7. The summed E-state index contributed by atoms with van der Waals surface area (Å²) in [6.45, 7) is 3.71. The predicted octanol–water partition coefficient (Wildman–Crippen LogP) is 4.06. The fraction of sp³-hybridized carbons (Fsp3) is 0.125. The minimum Gasteiger partial charge on any atom is -0.508 e. The Labute approximate surface area is 177 Å². The average Bonchev–Trinajstić information content (AvgIpc) is 3.04. The van der Waals surface area contributed by atoms with E-state index >= 15 is 0 Å². The van der Waals surface area contributed by atoms with Gasteiger partial charge < -0.3 is 14.3 Å². The van der Waals surface area contributed by atoms with Gasteiger partial charge in [0.2, 0.25) is 0 Å². The van der Waals surface area contributed by atoms with Gasteiger partial charge in [0.25, 0.3) is 0 Å². The van der Waals surface area contributed by atoms with Crippen molar-refractivity contribution >= 4 is 23.0 Å². The fourth-order valence-corrected chi connectivity index (χ4v) is 3.40. The van der Waals surface area contributed by atoms with Gasteiger partial charge >= 0.3 is 11.6 Å². The number of aromatic hydroxyl groups is 1. The number of esters is 1. The molecule has 7 heteroatoms. The first-order chi connectivity index (χ1) is 14.9. The molecule has 4 aromatic rings.